The molecule has 0 amide bonds. The highest BCUT2D eigenvalue weighted by atomic mass is 16.5. The third-order valence-electron chi connectivity index (χ3n) is 2.59. The van der Waals surface area contributed by atoms with Crippen LogP contribution in [0.4, 0.5) is 0 Å². The Labute approximate surface area is 106 Å². The number of amidine groups is 1. The van der Waals surface area contributed by atoms with Gasteiger partial charge in [0, 0.05) is 0 Å². The van der Waals surface area contributed by atoms with Crippen molar-refractivity contribution in [1.29, 1.82) is 5.41 Å². The van der Waals surface area contributed by atoms with Crippen molar-refractivity contribution in [1.82, 2.24) is 4.98 Å². The normalized spacial score (nSPS) is 10.1. The van der Waals surface area contributed by atoms with Gasteiger partial charge in [-0.1, -0.05) is 25.1 Å². The minimum Gasteiger partial charge on any atom is -0.455 e. The molecule has 1 heterocycles. The third kappa shape index (κ3) is 2.66. The van der Waals surface area contributed by atoms with Crippen LogP contribution in [0.5, 0.6) is 11.5 Å². The maximum absolute atomic E-state index is 7.27. The number of nitrogens with two attached hydrogens (primary N) is 1. The molecule has 0 bridgehead atoms. The first-order valence-corrected chi connectivity index (χ1v) is 5.77. The van der Waals surface area contributed by atoms with Crippen LogP contribution in [0.1, 0.15) is 18.2 Å². The summed E-state index contributed by atoms with van der Waals surface area (Å²) in [6.45, 7) is 2.08. The van der Waals surface area contributed by atoms with E-state index in [0.29, 0.717) is 11.4 Å². The largest absolute Gasteiger partial charge is 0.455 e. The predicted molar refractivity (Wildman–Crippen MR) is 71.1 cm³/mol. The molecule has 0 saturated heterocycles. The molecule has 0 atom stereocenters. The smallest absolute Gasteiger partial charge is 0.145 e. The highest BCUT2D eigenvalue weighted by Crippen LogP contribution is 2.24. The number of hydrogen-bond acceptors (Lipinski definition) is 3. The van der Waals surface area contributed by atoms with E-state index in [0.717, 1.165) is 17.7 Å². The molecule has 0 fully saturated rings. The van der Waals surface area contributed by atoms with Gasteiger partial charge in [0.1, 0.15) is 23.0 Å². The van der Waals surface area contributed by atoms with Crippen molar-refractivity contribution in [2.24, 2.45) is 5.73 Å². The van der Waals surface area contributed by atoms with Crippen LogP contribution in [0.25, 0.3) is 0 Å². The Morgan fingerprint density at radius 2 is 2.06 bits per heavy atom. The van der Waals surface area contributed by atoms with Gasteiger partial charge in [-0.15, -0.1) is 0 Å². The van der Waals surface area contributed by atoms with Crippen molar-refractivity contribution in [2.75, 3.05) is 0 Å². The molecular formula is C14H15N3O. The lowest BCUT2D eigenvalue weighted by molar-refractivity contribution is 0.474. The van der Waals surface area contributed by atoms with Crippen molar-refractivity contribution in [3.63, 3.8) is 0 Å². The Morgan fingerprint density at radius 3 is 2.67 bits per heavy atom. The van der Waals surface area contributed by atoms with Crippen molar-refractivity contribution < 1.29 is 4.74 Å². The number of aryl methyl sites for hydroxylation is 1. The maximum Gasteiger partial charge on any atom is 0.145 e. The van der Waals surface area contributed by atoms with E-state index in [1.807, 2.05) is 24.3 Å². The average molecular weight is 241 g/mol. The molecule has 0 radical (unpaired) electrons. The van der Waals surface area contributed by atoms with Crippen LogP contribution >= 0.6 is 0 Å². The minimum absolute atomic E-state index is 0.0458. The van der Waals surface area contributed by atoms with E-state index in [1.165, 1.54) is 0 Å². The van der Waals surface area contributed by atoms with Gasteiger partial charge in [-0.3, -0.25) is 5.41 Å². The zero-order valence-corrected chi connectivity index (χ0v) is 10.2. The fourth-order valence-corrected chi connectivity index (χ4v) is 1.62. The Balaban J connectivity index is 2.21. The van der Waals surface area contributed by atoms with Gasteiger partial charge in [0.25, 0.3) is 0 Å². The van der Waals surface area contributed by atoms with E-state index in [-0.39, 0.29) is 5.84 Å². The molecule has 4 heteroatoms. The summed E-state index contributed by atoms with van der Waals surface area (Å²) < 4.78 is 5.76. The van der Waals surface area contributed by atoms with Crippen LogP contribution < -0.4 is 10.5 Å². The molecule has 0 spiro atoms. The standard InChI is InChI=1S/C14H15N3O/c1-2-10-5-3-4-6-13(10)18-11-7-8-12(14(15)16)17-9-11/h3-9H,2H2,1H3,(H3,15,16). The van der Waals surface area contributed by atoms with Gasteiger partial charge in [-0.25, -0.2) is 4.98 Å². The first kappa shape index (κ1) is 12.1. The Hall–Kier alpha value is -2.36. The number of nitrogens with one attached hydrogen (secondary N) is 1. The number of para-hydroxylation sites is 1. The predicted octanol–water partition coefficient (Wildman–Crippen LogP) is 2.72. The quantitative estimate of drug-likeness (QED) is 0.638. The second-order valence-electron chi connectivity index (χ2n) is 3.86. The second kappa shape index (κ2) is 5.31. The number of ether oxygens (including phenoxy) is 1. The van der Waals surface area contributed by atoms with E-state index >= 15 is 0 Å². The van der Waals surface area contributed by atoms with E-state index in [9.17, 15) is 0 Å². The summed E-state index contributed by atoms with van der Waals surface area (Å²) >= 11 is 0. The lowest BCUT2D eigenvalue weighted by atomic mass is 10.1. The number of pyridine rings is 1. The number of nitrogens with zero attached hydrogens (tertiary/aromatic N) is 1. The van der Waals surface area contributed by atoms with Gasteiger partial charge in [0.15, 0.2) is 0 Å². The highest BCUT2D eigenvalue weighted by Gasteiger charge is 2.04. The molecule has 1 aromatic carbocycles. The molecule has 18 heavy (non-hydrogen) atoms. The summed E-state index contributed by atoms with van der Waals surface area (Å²) in [7, 11) is 0. The third-order valence-corrected chi connectivity index (χ3v) is 2.59. The van der Waals surface area contributed by atoms with Gasteiger partial charge < -0.3 is 10.5 Å². The van der Waals surface area contributed by atoms with Crippen molar-refractivity contribution >= 4 is 5.84 Å². The Morgan fingerprint density at radius 1 is 1.28 bits per heavy atom. The molecule has 92 valence electrons. The molecule has 0 unspecified atom stereocenters. The molecule has 1 aromatic heterocycles. The monoisotopic (exact) mass is 241 g/mol. The van der Waals surface area contributed by atoms with Crippen molar-refractivity contribution in [3.8, 4) is 11.5 Å². The zero-order chi connectivity index (χ0) is 13.0. The lowest BCUT2D eigenvalue weighted by Gasteiger charge is -2.09. The first-order chi connectivity index (χ1) is 8.70. The van der Waals surface area contributed by atoms with Crippen LogP contribution in [0.15, 0.2) is 42.6 Å². The van der Waals surface area contributed by atoms with Crippen LogP contribution in [0.3, 0.4) is 0 Å². The molecule has 0 saturated carbocycles. The topological polar surface area (TPSA) is 72.0 Å². The van der Waals surface area contributed by atoms with E-state index in [1.54, 1.807) is 18.3 Å². The van der Waals surface area contributed by atoms with Crippen LogP contribution in [-0.4, -0.2) is 10.8 Å². The van der Waals surface area contributed by atoms with Crippen molar-refractivity contribution in [2.45, 2.75) is 13.3 Å². The molecule has 4 nitrogen and oxygen atoms in total. The average Bonchev–Trinajstić information content (AvgIpc) is 2.40. The number of nitrogen functional groups attached to an aromatic ring is 1. The SMILES string of the molecule is CCc1ccccc1Oc1ccc(C(=N)N)nc1. The van der Waals surface area contributed by atoms with Gasteiger partial charge in [0.2, 0.25) is 0 Å². The highest BCUT2D eigenvalue weighted by molar-refractivity contribution is 5.92. The lowest BCUT2D eigenvalue weighted by Crippen LogP contribution is -2.12. The van der Waals surface area contributed by atoms with Crippen LogP contribution in [-0.2, 0) is 6.42 Å². The Bertz CT molecular complexity index is 549. The number of rotatable bonds is 4. The van der Waals surface area contributed by atoms with Crippen molar-refractivity contribution in [3.05, 3.63) is 53.9 Å². The van der Waals surface area contributed by atoms with E-state index < -0.39 is 0 Å². The molecule has 0 aliphatic heterocycles. The molecular weight excluding hydrogens is 226 g/mol. The van der Waals surface area contributed by atoms with Crippen LogP contribution in [0, 0.1) is 5.41 Å². The fourth-order valence-electron chi connectivity index (χ4n) is 1.62. The number of benzene rings is 1. The summed E-state index contributed by atoms with van der Waals surface area (Å²) in [5.41, 5.74) is 6.94. The second-order valence-corrected chi connectivity index (χ2v) is 3.86. The molecule has 2 aromatic rings. The summed E-state index contributed by atoms with van der Waals surface area (Å²) in [4.78, 5) is 4.06. The molecule has 0 aliphatic rings. The van der Waals surface area contributed by atoms with Gasteiger partial charge in [-0.2, -0.15) is 0 Å². The fraction of sp³-hybridized carbons (Fsp3) is 0.143. The van der Waals surface area contributed by atoms with Gasteiger partial charge in [-0.05, 0) is 30.2 Å². The molecule has 3 N–H and O–H groups in total. The Kier molecular flexibility index (Phi) is 3.57. The van der Waals surface area contributed by atoms with E-state index in [4.69, 9.17) is 15.9 Å². The number of hydrogen-bond donors (Lipinski definition) is 2. The minimum atomic E-state index is -0.0458. The summed E-state index contributed by atoms with van der Waals surface area (Å²) in [6.07, 6.45) is 2.48. The summed E-state index contributed by atoms with van der Waals surface area (Å²) in [5, 5.41) is 7.27. The summed E-state index contributed by atoms with van der Waals surface area (Å²) in [5.74, 6) is 1.42. The van der Waals surface area contributed by atoms with E-state index in [2.05, 4.69) is 11.9 Å². The molecule has 2 rings (SSSR count). The molecule has 0 aliphatic carbocycles. The first-order valence-electron chi connectivity index (χ1n) is 5.77. The van der Waals surface area contributed by atoms with Crippen LogP contribution in [0.2, 0.25) is 0 Å². The van der Waals surface area contributed by atoms with Gasteiger partial charge >= 0.3 is 0 Å². The summed E-state index contributed by atoms with van der Waals surface area (Å²) in [6, 6.07) is 11.3. The zero-order valence-electron chi connectivity index (χ0n) is 10.2. The number of aromatic nitrogens is 1. The van der Waals surface area contributed by atoms with Gasteiger partial charge in [0.05, 0.1) is 6.20 Å². The maximum atomic E-state index is 7.27.